The number of thioether (sulfide) groups is 1. The molecule has 0 radical (unpaired) electrons. The summed E-state index contributed by atoms with van der Waals surface area (Å²) in [5, 5.41) is 5.60. The van der Waals surface area contributed by atoms with Crippen LogP contribution < -0.4 is 16.4 Å². The van der Waals surface area contributed by atoms with Gasteiger partial charge in [-0.3, -0.25) is 9.59 Å². The van der Waals surface area contributed by atoms with Crippen LogP contribution in [-0.4, -0.2) is 30.7 Å². The molecule has 2 rings (SSSR count). The number of halogens is 1. The average Bonchev–Trinajstić information content (AvgIpc) is 2.43. The van der Waals surface area contributed by atoms with E-state index in [9.17, 15) is 9.59 Å². The van der Waals surface area contributed by atoms with Gasteiger partial charge in [-0.25, -0.2) is 0 Å². The number of nitrogens with two attached hydrogens (primary N) is 1. The van der Waals surface area contributed by atoms with Crippen LogP contribution in [0.2, 0.25) is 0 Å². The van der Waals surface area contributed by atoms with E-state index in [1.807, 2.05) is 13.0 Å². The van der Waals surface area contributed by atoms with Gasteiger partial charge in [-0.15, -0.1) is 24.2 Å². The predicted octanol–water partition coefficient (Wildman–Crippen LogP) is 1.48. The van der Waals surface area contributed by atoms with E-state index in [4.69, 9.17) is 5.73 Å². The minimum absolute atomic E-state index is 0. The fraction of sp³-hybridized carbons (Fsp3) is 0.385. The number of fused-ring (bicyclic) bond motifs is 1. The Morgan fingerprint density at radius 2 is 2.30 bits per heavy atom. The maximum Gasteiger partial charge on any atom is 0.251 e. The maximum atomic E-state index is 12.0. The average molecular weight is 316 g/mol. The molecule has 0 fully saturated rings. The molecule has 1 unspecified atom stereocenters. The summed E-state index contributed by atoms with van der Waals surface area (Å²) in [5.74, 6) is 0.489. The first-order chi connectivity index (χ1) is 9.10. The lowest BCUT2D eigenvalue weighted by Gasteiger charge is -2.17. The summed E-state index contributed by atoms with van der Waals surface area (Å²) in [7, 11) is 0. The molecule has 1 heterocycles. The molecular weight excluding hydrogens is 298 g/mol. The van der Waals surface area contributed by atoms with E-state index in [0.717, 1.165) is 4.90 Å². The SMILES string of the molecule is CC(CN)CNC(=O)c1ccc2c(c1)NC(=O)CS2.Cl. The van der Waals surface area contributed by atoms with Crippen LogP contribution in [0.4, 0.5) is 5.69 Å². The molecule has 2 amide bonds. The molecule has 0 saturated carbocycles. The Kier molecular flexibility index (Phi) is 6.32. The van der Waals surface area contributed by atoms with Gasteiger partial charge >= 0.3 is 0 Å². The van der Waals surface area contributed by atoms with Crippen molar-refractivity contribution in [3.8, 4) is 0 Å². The number of hydrogen-bond acceptors (Lipinski definition) is 4. The summed E-state index contributed by atoms with van der Waals surface area (Å²) in [6.45, 7) is 3.06. The Hall–Kier alpha value is -1.24. The lowest BCUT2D eigenvalue weighted by molar-refractivity contribution is -0.113. The number of hydrogen-bond donors (Lipinski definition) is 3. The van der Waals surface area contributed by atoms with Gasteiger partial charge in [0.2, 0.25) is 5.91 Å². The van der Waals surface area contributed by atoms with Crippen molar-refractivity contribution in [2.45, 2.75) is 11.8 Å². The van der Waals surface area contributed by atoms with Gasteiger partial charge in [0.05, 0.1) is 11.4 Å². The molecule has 1 aliphatic rings. The molecule has 1 aliphatic heterocycles. The van der Waals surface area contributed by atoms with Crippen LogP contribution in [-0.2, 0) is 4.79 Å². The van der Waals surface area contributed by atoms with Crippen LogP contribution in [0.5, 0.6) is 0 Å². The van der Waals surface area contributed by atoms with Crippen LogP contribution >= 0.6 is 24.2 Å². The second-order valence-corrected chi connectivity index (χ2v) is 5.62. The summed E-state index contributed by atoms with van der Waals surface area (Å²) >= 11 is 1.48. The lowest BCUT2D eigenvalue weighted by Crippen LogP contribution is -2.31. The van der Waals surface area contributed by atoms with Gasteiger partial charge < -0.3 is 16.4 Å². The van der Waals surface area contributed by atoms with Gasteiger partial charge in [0, 0.05) is 17.0 Å². The van der Waals surface area contributed by atoms with Crippen molar-refractivity contribution in [3.05, 3.63) is 23.8 Å². The molecule has 4 N–H and O–H groups in total. The number of anilines is 1. The van der Waals surface area contributed by atoms with E-state index in [0.29, 0.717) is 30.1 Å². The first kappa shape index (κ1) is 16.8. The molecule has 0 saturated heterocycles. The van der Waals surface area contributed by atoms with Gasteiger partial charge in [0.25, 0.3) is 5.91 Å². The van der Waals surface area contributed by atoms with Crippen LogP contribution in [0.1, 0.15) is 17.3 Å². The van der Waals surface area contributed by atoms with Crippen molar-refractivity contribution in [2.24, 2.45) is 11.7 Å². The second-order valence-electron chi connectivity index (χ2n) is 4.60. The van der Waals surface area contributed by atoms with Crippen molar-refractivity contribution >= 4 is 41.7 Å². The Morgan fingerprint density at radius 1 is 1.55 bits per heavy atom. The zero-order chi connectivity index (χ0) is 13.8. The molecule has 5 nitrogen and oxygen atoms in total. The van der Waals surface area contributed by atoms with Crippen molar-refractivity contribution in [1.29, 1.82) is 0 Å². The predicted molar refractivity (Wildman–Crippen MR) is 83.6 cm³/mol. The third-order valence-electron chi connectivity index (χ3n) is 2.89. The Labute approximate surface area is 128 Å². The van der Waals surface area contributed by atoms with Gasteiger partial charge in [-0.2, -0.15) is 0 Å². The molecule has 0 aromatic heterocycles. The van der Waals surface area contributed by atoms with E-state index in [1.165, 1.54) is 11.8 Å². The maximum absolute atomic E-state index is 12.0. The first-order valence-electron chi connectivity index (χ1n) is 6.15. The van der Waals surface area contributed by atoms with E-state index in [-0.39, 0.29) is 30.1 Å². The van der Waals surface area contributed by atoms with E-state index >= 15 is 0 Å². The third kappa shape index (κ3) is 4.13. The molecule has 1 aromatic rings. The standard InChI is InChI=1S/C13H17N3O2S.ClH/c1-8(5-14)6-15-13(18)9-2-3-11-10(4-9)16-12(17)7-19-11;/h2-4,8H,5-7,14H2,1H3,(H,15,18)(H,16,17);1H. The van der Waals surface area contributed by atoms with Crippen molar-refractivity contribution in [2.75, 3.05) is 24.2 Å². The van der Waals surface area contributed by atoms with Crippen molar-refractivity contribution < 1.29 is 9.59 Å². The summed E-state index contributed by atoms with van der Waals surface area (Å²) in [4.78, 5) is 24.3. The number of rotatable bonds is 4. The molecule has 0 aliphatic carbocycles. The zero-order valence-electron chi connectivity index (χ0n) is 11.1. The van der Waals surface area contributed by atoms with Crippen LogP contribution in [0.3, 0.4) is 0 Å². The Balaban J connectivity index is 0.00000200. The molecule has 1 atom stereocenters. The molecule has 0 bridgehead atoms. The number of carbonyl (C=O) groups is 2. The highest BCUT2D eigenvalue weighted by Crippen LogP contribution is 2.31. The number of carbonyl (C=O) groups excluding carboxylic acids is 2. The second kappa shape index (κ2) is 7.52. The molecule has 7 heteroatoms. The highest BCUT2D eigenvalue weighted by Gasteiger charge is 2.17. The fourth-order valence-corrected chi connectivity index (χ4v) is 2.47. The third-order valence-corrected chi connectivity index (χ3v) is 3.96. The summed E-state index contributed by atoms with van der Waals surface area (Å²) in [5.41, 5.74) is 6.76. The van der Waals surface area contributed by atoms with Crippen LogP contribution in [0.15, 0.2) is 23.1 Å². The molecule has 1 aromatic carbocycles. The van der Waals surface area contributed by atoms with Gasteiger partial charge in [-0.1, -0.05) is 6.92 Å². The molecule has 110 valence electrons. The largest absolute Gasteiger partial charge is 0.352 e. The topological polar surface area (TPSA) is 84.2 Å². The molecule has 0 spiro atoms. The smallest absolute Gasteiger partial charge is 0.251 e. The number of amides is 2. The van der Waals surface area contributed by atoms with Crippen molar-refractivity contribution in [1.82, 2.24) is 5.32 Å². The highest BCUT2D eigenvalue weighted by molar-refractivity contribution is 8.00. The number of nitrogens with one attached hydrogen (secondary N) is 2. The summed E-state index contributed by atoms with van der Waals surface area (Å²) in [6, 6.07) is 5.34. The molecular formula is C13H18ClN3O2S. The Morgan fingerprint density at radius 3 is 3.00 bits per heavy atom. The number of benzene rings is 1. The normalized spacial score (nSPS) is 14.6. The van der Waals surface area contributed by atoms with E-state index in [1.54, 1.807) is 12.1 Å². The van der Waals surface area contributed by atoms with Crippen LogP contribution in [0, 0.1) is 5.92 Å². The van der Waals surface area contributed by atoms with E-state index in [2.05, 4.69) is 10.6 Å². The minimum atomic E-state index is -0.145. The van der Waals surface area contributed by atoms with Gasteiger partial charge in [0.1, 0.15) is 0 Å². The Bertz CT molecular complexity index is 510. The van der Waals surface area contributed by atoms with Gasteiger partial charge in [0.15, 0.2) is 0 Å². The lowest BCUT2D eigenvalue weighted by atomic mass is 10.1. The summed E-state index contributed by atoms with van der Waals surface area (Å²) < 4.78 is 0. The first-order valence-corrected chi connectivity index (χ1v) is 7.13. The highest BCUT2D eigenvalue weighted by atomic mass is 35.5. The summed E-state index contributed by atoms with van der Waals surface area (Å²) in [6.07, 6.45) is 0. The fourth-order valence-electron chi connectivity index (χ4n) is 1.68. The van der Waals surface area contributed by atoms with Crippen molar-refractivity contribution in [3.63, 3.8) is 0 Å². The monoisotopic (exact) mass is 315 g/mol. The van der Waals surface area contributed by atoms with Gasteiger partial charge in [-0.05, 0) is 30.7 Å². The quantitative estimate of drug-likeness (QED) is 0.785. The molecule has 20 heavy (non-hydrogen) atoms. The van der Waals surface area contributed by atoms with Crippen LogP contribution in [0.25, 0.3) is 0 Å². The minimum Gasteiger partial charge on any atom is -0.352 e. The zero-order valence-corrected chi connectivity index (χ0v) is 12.8. The van der Waals surface area contributed by atoms with E-state index < -0.39 is 0 Å².